The quantitative estimate of drug-likeness (QED) is 0.463. The van der Waals surface area contributed by atoms with Crippen molar-refractivity contribution < 1.29 is 4.79 Å². The number of hydrogen-bond donors (Lipinski definition) is 3. The number of carbonyl (C=O) groups excluding carboxylic acids is 1. The molecular formula is C22H21ClN10O. The molecule has 172 valence electrons. The minimum absolute atomic E-state index is 0.0441. The van der Waals surface area contributed by atoms with Crippen molar-refractivity contribution in [1.29, 1.82) is 5.26 Å². The SMILES string of the molecule is [C-]#[N+]c1cnc2c(NC3CC3)nc(Nc3cc(C#N)cc(C(C)N4CCNC(=O)C4)c3Cl)nn12. The fourth-order valence-corrected chi connectivity index (χ4v) is 4.24. The Morgan fingerprint density at radius 1 is 1.41 bits per heavy atom. The number of hydrogen-bond acceptors (Lipinski definition) is 8. The van der Waals surface area contributed by atoms with E-state index in [0.29, 0.717) is 46.9 Å². The molecule has 0 radical (unpaired) electrons. The average Bonchev–Trinajstić information content (AvgIpc) is 3.55. The number of anilines is 3. The summed E-state index contributed by atoms with van der Waals surface area (Å²) in [5.41, 5.74) is 2.07. The Bertz CT molecular complexity index is 1370. The number of piperazine rings is 1. The normalized spacial score (nSPS) is 17.0. The molecule has 2 aromatic heterocycles. The molecule has 1 amide bonds. The van der Waals surface area contributed by atoms with E-state index < -0.39 is 0 Å². The molecule has 0 spiro atoms. The molecule has 1 aliphatic heterocycles. The average molecular weight is 477 g/mol. The lowest BCUT2D eigenvalue weighted by atomic mass is 10.0. The molecule has 2 fully saturated rings. The maximum atomic E-state index is 11.9. The minimum Gasteiger partial charge on any atom is -0.362 e. The van der Waals surface area contributed by atoms with Crippen molar-refractivity contribution in [1.82, 2.24) is 29.8 Å². The van der Waals surface area contributed by atoms with Gasteiger partial charge in [0, 0.05) is 25.2 Å². The first-order valence-electron chi connectivity index (χ1n) is 10.9. The monoisotopic (exact) mass is 476 g/mol. The van der Waals surface area contributed by atoms with Crippen molar-refractivity contribution in [2.24, 2.45) is 0 Å². The van der Waals surface area contributed by atoms with Gasteiger partial charge < -0.3 is 20.8 Å². The van der Waals surface area contributed by atoms with Gasteiger partial charge in [-0.1, -0.05) is 23.3 Å². The lowest BCUT2D eigenvalue weighted by Gasteiger charge is -2.33. The summed E-state index contributed by atoms with van der Waals surface area (Å²) in [7, 11) is 0. The molecule has 3 aromatic rings. The lowest BCUT2D eigenvalue weighted by molar-refractivity contribution is -0.124. The summed E-state index contributed by atoms with van der Waals surface area (Å²) >= 11 is 6.79. The first-order chi connectivity index (χ1) is 16.5. The molecule has 1 saturated carbocycles. The summed E-state index contributed by atoms with van der Waals surface area (Å²) in [4.78, 5) is 26.2. The molecule has 3 N–H and O–H groups in total. The number of amides is 1. The van der Waals surface area contributed by atoms with E-state index in [1.165, 1.54) is 10.7 Å². The standard InChI is InChI=1S/C22H21ClN10O/c1-12(32-6-5-26-18(34)11-32)15-7-13(9-24)8-16(19(15)23)29-22-30-20(28-14-3-4-14)21-27-10-17(25-2)33(21)31-22/h7-8,10,12,14H,3-6,11H2,1H3,(H,26,34)(H2,28,29,30,31). The molecule has 1 aliphatic carbocycles. The summed E-state index contributed by atoms with van der Waals surface area (Å²) in [5.74, 6) is 0.952. The molecule has 1 atom stereocenters. The zero-order valence-corrected chi connectivity index (χ0v) is 19.1. The zero-order valence-electron chi connectivity index (χ0n) is 18.3. The predicted octanol–water partition coefficient (Wildman–Crippen LogP) is 3.01. The Morgan fingerprint density at radius 3 is 2.94 bits per heavy atom. The molecule has 2 aliphatic rings. The van der Waals surface area contributed by atoms with Gasteiger partial charge in [-0.2, -0.15) is 10.2 Å². The largest absolute Gasteiger partial charge is 0.362 e. The van der Waals surface area contributed by atoms with E-state index in [1.54, 1.807) is 12.1 Å². The number of nitriles is 1. The van der Waals surface area contributed by atoms with Gasteiger partial charge in [0.05, 0.1) is 35.1 Å². The number of nitrogens with zero attached hydrogens (tertiary/aromatic N) is 7. The van der Waals surface area contributed by atoms with Crippen LogP contribution in [0.25, 0.3) is 10.5 Å². The molecule has 1 saturated heterocycles. The van der Waals surface area contributed by atoms with Gasteiger partial charge in [-0.3, -0.25) is 9.69 Å². The van der Waals surface area contributed by atoms with Crippen LogP contribution in [0.5, 0.6) is 0 Å². The lowest BCUT2D eigenvalue weighted by Crippen LogP contribution is -2.48. The van der Waals surface area contributed by atoms with E-state index in [4.69, 9.17) is 18.2 Å². The number of carbonyl (C=O) groups is 1. The smallest absolute Gasteiger partial charge is 0.275 e. The zero-order chi connectivity index (χ0) is 23.8. The second-order valence-corrected chi connectivity index (χ2v) is 8.70. The number of fused-ring (bicyclic) bond motifs is 1. The van der Waals surface area contributed by atoms with Crippen LogP contribution in [0, 0.1) is 17.9 Å². The molecule has 12 heteroatoms. The Kier molecular flexibility index (Phi) is 5.65. The Labute approximate surface area is 200 Å². The predicted molar refractivity (Wildman–Crippen MR) is 126 cm³/mol. The third-order valence-corrected chi connectivity index (χ3v) is 6.34. The van der Waals surface area contributed by atoms with Gasteiger partial charge in [0.25, 0.3) is 17.4 Å². The van der Waals surface area contributed by atoms with E-state index in [1.807, 2.05) is 11.8 Å². The van der Waals surface area contributed by atoms with Crippen LogP contribution in [-0.2, 0) is 4.79 Å². The highest BCUT2D eigenvalue weighted by Gasteiger charge is 2.27. The maximum absolute atomic E-state index is 11.9. The van der Waals surface area contributed by atoms with Crippen LogP contribution in [0.15, 0.2) is 18.3 Å². The molecule has 5 rings (SSSR count). The van der Waals surface area contributed by atoms with E-state index in [2.05, 4.69) is 41.9 Å². The molecular weight excluding hydrogens is 456 g/mol. The first-order valence-corrected chi connectivity index (χ1v) is 11.3. The summed E-state index contributed by atoms with van der Waals surface area (Å²) in [6.45, 7) is 10.9. The fraction of sp³-hybridized carbons (Fsp3) is 0.364. The number of nitrogens with one attached hydrogen (secondary N) is 3. The summed E-state index contributed by atoms with van der Waals surface area (Å²) in [6.07, 6.45) is 3.54. The van der Waals surface area contributed by atoms with Crippen molar-refractivity contribution in [2.75, 3.05) is 30.3 Å². The van der Waals surface area contributed by atoms with Gasteiger partial charge in [0.15, 0.2) is 5.82 Å². The number of imidazole rings is 1. The second kappa shape index (κ2) is 8.78. The highest BCUT2D eigenvalue weighted by atomic mass is 35.5. The second-order valence-electron chi connectivity index (χ2n) is 8.33. The van der Waals surface area contributed by atoms with Crippen molar-refractivity contribution in [3.63, 3.8) is 0 Å². The number of aromatic nitrogens is 4. The van der Waals surface area contributed by atoms with Crippen LogP contribution >= 0.6 is 11.6 Å². The van der Waals surface area contributed by atoms with Crippen molar-refractivity contribution >= 4 is 46.4 Å². The van der Waals surface area contributed by atoms with Gasteiger partial charge in [-0.25, -0.2) is 4.98 Å². The summed E-state index contributed by atoms with van der Waals surface area (Å²) in [6, 6.07) is 5.67. The fourth-order valence-electron chi connectivity index (χ4n) is 3.93. The van der Waals surface area contributed by atoms with Crippen molar-refractivity contribution in [2.45, 2.75) is 31.8 Å². The number of rotatable bonds is 6. The highest BCUT2D eigenvalue weighted by Crippen LogP contribution is 2.36. The Balaban J connectivity index is 1.53. The van der Waals surface area contributed by atoms with E-state index in [-0.39, 0.29) is 30.3 Å². The van der Waals surface area contributed by atoms with Crippen LogP contribution in [0.2, 0.25) is 5.02 Å². The van der Waals surface area contributed by atoms with Gasteiger partial charge in [-0.05, 0) is 37.5 Å². The molecule has 1 aromatic carbocycles. The molecule has 1 unspecified atom stereocenters. The third-order valence-electron chi connectivity index (χ3n) is 5.92. The summed E-state index contributed by atoms with van der Waals surface area (Å²) in [5, 5.41) is 23.7. The molecule has 0 bridgehead atoms. The summed E-state index contributed by atoms with van der Waals surface area (Å²) < 4.78 is 1.44. The van der Waals surface area contributed by atoms with E-state index in [0.717, 1.165) is 18.4 Å². The Morgan fingerprint density at radius 2 is 2.24 bits per heavy atom. The van der Waals surface area contributed by atoms with Gasteiger partial charge >= 0.3 is 0 Å². The van der Waals surface area contributed by atoms with Crippen LogP contribution in [0.1, 0.15) is 36.9 Å². The number of benzene rings is 1. The first kappa shape index (κ1) is 21.9. The van der Waals surface area contributed by atoms with E-state index in [9.17, 15) is 10.1 Å². The van der Waals surface area contributed by atoms with Gasteiger partial charge in [0.2, 0.25) is 5.91 Å². The topological polar surface area (TPSA) is 128 Å². The molecule has 11 nitrogen and oxygen atoms in total. The molecule has 34 heavy (non-hydrogen) atoms. The number of halogens is 1. The van der Waals surface area contributed by atoms with Gasteiger partial charge in [0.1, 0.15) is 0 Å². The van der Waals surface area contributed by atoms with Crippen molar-refractivity contribution in [3.8, 4) is 6.07 Å². The highest BCUT2D eigenvalue weighted by molar-refractivity contribution is 6.34. The van der Waals surface area contributed by atoms with Crippen LogP contribution in [0.3, 0.4) is 0 Å². The molecule has 3 heterocycles. The maximum Gasteiger partial charge on any atom is 0.275 e. The van der Waals surface area contributed by atoms with Crippen LogP contribution in [0.4, 0.5) is 23.3 Å². The van der Waals surface area contributed by atoms with Crippen LogP contribution < -0.4 is 16.0 Å². The van der Waals surface area contributed by atoms with Crippen LogP contribution in [-0.4, -0.2) is 56.1 Å². The van der Waals surface area contributed by atoms with E-state index >= 15 is 0 Å². The Hall–Kier alpha value is -3.93. The third kappa shape index (κ3) is 4.19. The van der Waals surface area contributed by atoms with Gasteiger partial charge in [-0.15, -0.1) is 4.52 Å². The minimum atomic E-state index is -0.190. The van der Waals surface area contributed by atoms with Crippen molar-refractivity contribution in [3.05, 3.63) is 45.9 Å².